The van der Waals surface area contributed by atoms with Gasteiger partial charge in [0, 0.05) is 37.3 Å². The molecule has 5 aliphatic rings. The van der Waals surface area contributed by atoms with E-state index in [0.29, 0.717) is 36.5 Å². The standard InChI is InChI=1S/C24H29F3N4OS/c1-30-2-4-31(5-3-30)21(32)14-33-22-18(13-28)19(24(25,26)27)9-20(29-22)23-10-15-6-16(11-23)8-17(7-15)12-23/h9,15-17H,2-8,10-12,14H2,1H3. The second kappa shape index (κ2) is 8.46. The molecule has 4 bridgehead atoms. The minimum absolute atomic E-state index is 0.00692. The minimum Gasteiger partial charge on any atom is -0.339 e. The zero-order chi connectivity index (χ0) is 23.4. The number of alkyl halides is 3. The monoisotopic (exact) mass is 478 g/mol. The molecule has 5 fully saturated rings. The zero-order valence-electron chi connectivity index (χ0n) is 18.8. The van der Waals surface area contributed by atoms with E-state index in [9.17, 15) is 23.2 Å². The van der Waals surface area contributed by atoms with Gasteiger partial charge >= 0.3 is 6.18 Å². The van der Waals surface area contributed by atoms with Gasteiger partial charge in [0.15, 0.2) is 0 Å². The molecule has 0 N–H and O–H groups in total. The lowest BCUT2D eigenvalue weighted by molar-refractivity contribution is -0.138. The number of hydrogen-bond acceptors (Lipinski definition) is 5. The van der Waals surface area contributed by atoms with Crippen molar-refractivity contribution in [1.82, 2.24) is 14.8 Å². The van der Waals surface area contributed by atoms with Gasteiger partial charge in [-0.25, -0.2) is 4.98 Å². The van der Waals surface area contributed by atoms with Crippen LogP contribution in [0.5, 0.6) is 0 Å². The van der Waals surface area contributed by atoms with Crippen LogP contribution in [0, 0.1) is 29.1 Å². The van der Waals surface area contributed by atoms with Crippen LogP contribution in [0.2, 0.25) is 0 Å². The first-order valence-corrected chi connectivity index (χ1v) is 12.8. The molecule has 1 saturated heterocycles. The summed E-state index contributed by atoms with van der Waals surface area (Å²) in [6.45, 7) is 2.76. The van der Waals surface area contributed by atoms with Gasteiger partial charge in [-0.1, -0.05) is 11.8 Å². The van der Waals surface area contributed by atoms with Crippen molar-refractivity contribution in [3.63, 3.8) is 0 Å². The Balaban J connectivity index is 1.46. The van der Waals surface area contributed by atoms with Gasteiger partial charge in [-0.05, 0) is 69.4 Å². The van der Waals surface area contributed by atoms with Gasteiger partial charge in [0.2, 0.25) is 5.91 Å². The van der Waals surface area contributed by atoms with Crippen molar-refractivity contribution >= 4 is 17.7 Å². The molecular weight excluding hydrogens is 449 g/mol. The summed E-state index contributed by atoms with van der Waals surface area (Å²) in [6, 6.07) is 2.90. The van der Waals surface area contributed by atoms with Crippen molar-refractivity contribution in [2.75, 3.05) is 39.0 Å². The second-order valence-electron chi connectivity index (χ2n) is 10.5. The molecule has 2 heterocycles. The molecule has 1 amide bonds. The number of carbonyl (C=O) groups is 1. The summed E-state index contributed by atoms with van der Waals surface area (Å²) in [4.78, 5) is 21.3. The zero-order valence-corrected chi connectivity index (χ0v) is 19.6. The Labute approximate surface area is 196 Å². The van der Waals surface area contributed by atoms with Crippen molar-refractivity contribution in [2.45, 2.75) is 55.1 Å². The molecule has 0 unspecified atom stereocenters. The predicted octanol–water partition coefficient (Wildman–Crippen LogP) is 4.31. The second-order valence-corrected chi connectivity index (χ2v) is 11.5. The molecule has 0 spiro atoms. The van der Waals surface area contributed by atoms with E-state index in [2.05, 4.69) is 4.90 Å². The van der Waals surface area contributed by atoms with Gasteiger partial charge in [-0.3, -0.25) is 4.79 Å². The Kier molecular flexibility index (Phi) is 5.89. The number of carbonyl (C=O) groups excluding carboxylic acids is 1. The first kappa shape index (κ1) is 23.0. The molecule has 33 heavy (non-hydrogen) atoms. The van der Waals surface area contributed by atoms with Crippen LogP contribution in [-0.4, -0.2) is 59.7 Å². The number of piperazine rings is 1. The van der Waals surface area contributed by atoms with E-state index in [1.165, 1.54) is 19.3 Å². The van der Waals surface area contributed by atoms with Crippen LogP contribution >= 0.6 is 11.8 Å². The number of likely N-dealkylation sites (N-methyl/N-ethyl adjacent to an activating group) is 1. The maximum absolute atomic E-state index is 14.0. The Hall–Kier alpha value is -1.79. The number of hydrogen-bond donors (Lipinski definition) is 0. The van der Waals surface area contributed by atoms with Gasteiger partial charge in [-0.2, -0.15) is 18.4 Å². The highest BCUT2D eigenvalue weighted by atomic mass is 32.2. The molecule has 9 heteroatoms. The lowest BCUT2D eigenvalue weighted by Crippen LogP contribution is -2.49. The van der Waals surface area contributed by atoms with Gasteiger partial charge < -0.3 is 9.80 Å². The van der Waals surface area contributed by atoms with Gasteiger partial charge in [-0.15, -0.1) is 0 Å². The lowest BCUT2D eigenvalue weighted by Gasteiger charge is -2.56. The number of nitrogens with zero attached hydrogens (tertiary/aromatic N) is 4. The van der Waals surface area contributed by atoms with E-state index in [1.807, 2.05) is 7.05 Å². The Bertz CT molecular complexity index is 946. The number of thioether (sulfide) groups is 1. The topological polar surface area (TPSA) is 60.2 Å². The van der Waals surface area contributed by atoms with E-state index in [1.54, 1.807) is 11.0 Å². The third-order valence-corrected chi connectivity index (χ3v) is 9.13. The van der Waals surface area contributed by atoms with Crippen molar-refractivity contribution in [3.8, 4) is 6.07 Å². The van der Waals surface area contributed by atoms with E-state index in [0.717, 1.165) is 50.2 Å². The predicted molar refractivity (Wildman–Crippen MR) is 119 cm³/mol. The summed E-state index contributed by atoms with van der Waals surface area (Å²) >= 11 is 0.984. The number of nitriles is 1. The average Bonchev–Trinajstić information content (AvgIpc) is 2.75. The molecule has 1 aliphatic heterocycles. The number of halogens is 3. The van der Waals surface area contributed by atoms with Crippen molar-refractivity contribution in [1.29, 1.82) is 5.26 Å². The van der Waals surface area contributed by atoms with E-state index in [-0.39, 0.29) is 22.1 Å². The highest BCUT2D eigenvalue weighted by Crippen LogP contribution is 2.60. The SMILES string of the molecule is CN1CCN(C(=O)CSc2nc(C34CC5CC(CC(C5)C3)C4)cc(C(F)(F)F)c2C#N)CC1. The molecule has 0 radical (unpaired) electrons. The largest absolute Gasteiger partial charge is 0.417 e. The normalized spacial score (nSPS) is 31.6. The van der Waals surface area contributed by atoms with Crippen LogP contribution in [-0.2, 0) is 16.4 Å². The van der Waals surface area contributed by atoms with Gasteiger partial charge in [0.25, 0.3) is 0 Å². The summed E-state index contributed by atoms with van der Waals surface area (Å²) in [5, 5.41) is 9.68. The maximum Gasteiger partial charge on any atom is 0.417 e. The van der Waals surface area contributed by atoms with Crippen LogP contribution in [0.1, 0.15) is 55.3 Å². The molecule has 1 aromatic heterocycles. The third-order valence-electron chi connectivity index (χ3n) is 8.17. The molecule has 4 saturated carbocycles. The Morgan fingerprint density at radius 3 is 2.24 bits per heavy atom. The molecule has 0 atom stereocenters. The van der Waals surface area contributed by atoms with Crippen LogP contribution in [0.4, 0.5) is 13.2 Å². The summed E-state index contributed by atoms with van der Waals surface area (Å²) in [6.07, 6.45) is 1.58. The number of aromatic nitrogens is 1. The molecule has 6 rings (SSSR count). The maximum atomic E-state index is 14.0. The highest BCUT2D eigenvalue weighted by Gasteiger charge is 2.53. The Morgan fingerprint density at radius 2 is 1.73 bits per heavy atom. The Morgan fingerprint density at radius 1 is 1.15 bits per heavy atom. The van der Waals surface area contributed by atoms with Gasteiger partial charge in [0.05, 0.1) is 16.9 Å². The van der Waals surface area contributed by atoms with Crippen LogP contribution < -0.4 is 0 Å². The van der Waals surface area contributed by atoms with Crippen molar-refractivity contribution < 1.29 is 18.0 Å². The molecule has 4 aliphatic carbocycles. The average molecular weight is 479 g/mol. The summed E-state index contributed by atoms with van der Waals surface area (Å²) < 4.78 is 42.1. The van der Waals surface area contributed by atoms with Crippen LogP contribution in [0.3, 0.4) is 0 Å². The first-order valence-electron chi connectivity index (χ1n) is 11.8. The number of amides is 1. The van der Waals surface area contributed by atoms with Crippen molar-refractivity contribution in [3.05, 3.63) is 22.9 Å². The summed E-state index contributed by atoms with van der Waals surface area (Å²) in [5.74, 6) is 1.58. The summed E-state index contributed by atoms with van der Waals surface area (Å²) in [7, 11) is 1.99. The van der Waals surface area contributed by atoms with Crippen LogP contribution in [0.25, 0.3) is 0 Å². The molecule has 1 aromatic rings. The minimum atomic E-state index is -4.64. The molecular formula is C24H29F3N4OS. The van der Waals surface area contributed by atoms with E-state index < -0.39 is 17.3 Å². The number of rotatable bonds is 4. The smallest absolute Gasteiger partial charge is 0.339 e. The van der Waals surface area contributed by atoms with E-state index in [4.69, 9.17) is 4.98 Å². The molecule has 0 aromatic carbocycles. The van der Waals surface area contributed by atoms with Gasteiger partial charge in [0.1, 0.15) is 11.1 Å². The fourth-order valence-electron chi connectivity index (χ4n) is 6.93. The van der Waals surface area contributed by atoms with Crippen molar-refractivity contribution in [2.24, 2.45) is 17.8 Å². The quantitative estimate of drug-likeness (QED) is 0.604. The fraction of sp³-hybridized carbons (Fsp3) is 0.708. The first-order chi connectivity index (χ1) is 15.7. The third kappa shape index (κ3) is 4.37. The summed E-state index contributed by atoms with van der Waals surface area (Å²) in [5.41, 5.74) is -1.19. The van der Waals surface area contributed by atoms with E-state index >= 15 is 0 Å². The number of pyridine rings is 1. The lowest BCUT2D eigenvalue weighted by atomic mass is 9.48. The highest BCUT2D eigenvalue weighted by molar-refractivity contribution is 8.00. The molecule has 178 valence electrons. The van der Waals surface area contributed by atoms with Crippen LogP contribution in [0.15, 0.2) is 11.1 Å². The fourth-order valence-corrected chi connectivity index (χ4v) is 7.84. The molecule has 5 nitrogen and oxygen atoms in total.